The smallest absolute Gasteiger partial charge is 0.295 e. The summed E-state index contributed by atoms with van der Waals surface area (Å²) in [5.74, 6) is 0.0471. The number of amides is 1. The lowest BCUT2D eigenvalue weighted by Crippen LogP contribution is -2.15. The van der Waals surface area contributed by atoms with Crippen LogP contribution < -0.4 is 5.32 Å². The van der Waals surface area contributed by atoms with Crippen LogP contribution in [0.3, 0.4) is 0 Å². The Morgan fingerprint density at radius 1 is 1.19 bits per heavy atom. The molecule has 1 aromatic carbocycles. The first-order valence-corrected chi connectivity index (χ1v) is 8.62. The van der Waals surface area contributed by atoms with Crippen LogP contribution in [0.2, 0.25) is 0 Å². The summed E-state index contributed by atoms with van der Waals surface area (Å²) in [6, 6.07) is 9.26. The first kappa shape index (κ1) is 16.4. The molecule has 0 aliphatic rings. The zero-order valence-electron chi connectivity index (χ0n) is 14.0. The molecule has 1 amide bonds. The standard InChI is InChI=1S/C17H14BrN7O/c1-10-7-11(2)25-17(20-10)22-15(23-25)16(26)21-13-5-3-4-6-14(13)24-9-12(18)8-19-24/h3-9H,1-2H3,(H,21,26). The number of rotatable bonds is 3. The maximum atomic E-state index is 12.7. The second-order valence-corrected chi connectivity index (χ2v) is 6.68. The molecule has 130 valence electrons. The SMILES string of the molecule is Cc1cc(C)n2nc(C(=O)Nc3ccccc3-n3cc(Br)cn3)nc2n1. The third kappa shape index (κ3) is 2.97. The van der Waals surface area contributed by atoms with Crippen molar-refractivity contribution in [2.75, 3.05) is 5.32 Å². The molecular formula is C17H14BrN7O. The Morgan fingerprint density at radius 3 is 2.77 bits per heavy atom. The van der Waals surface area contributed by atoms with Crippen molar-refractivity contribution < 1.29 is 4.79 Å². The summed E-state index contributed by atoms with van der Waals surface area (Å²) in [7, 11) is 0. The van der Waals surface area contributed by atoms with Crippen molar-refractivity contribution in [3.8, 4) is 5.69 Å². The van der Waals surface area contributed by atoms with Crippen LogP contribution in [0.4, 0.5) is 5.69 Å². The van der Waals surface area contributed by atoms with Gasteiger partial charge in [-0.15, -0.1) is 5.10 Å². The van der Waals surface area contributed by atoms with Crippen molar-refractivity contribution in [2.24, 2.45) is 0 Å². The zero-order valence-corrected chi connectivity index (χ0v) is 15.6. The van der Waals surface area contributed by atoms with Gasteiger partial charge in [0.15, 0.2) is 0 Å². The number of aryl methyl sites for hydroxylation is 2. The van der Waals surface area contributed by atoms with E-state index in [4.69, 9.17) is 0 Å². The van der Waals surface area contributed by atoms with Crippen molar-refractivity contribution in [1.82, 2.24) is 29.4 Å². The molecule has 3 heterocycles. The molecule has 9 heteroatoms. The predicted molar refractivity (Wildman–Crippen MR) is 99.5 cm³/mol. The van der Waals surface area contributed by atoms with Gasteiger partial charge in [-0.3, -0.25) is 4.79 Å². The quantitative estimate of drug-likeness (QED) is 0.559. The lowest BCUT2D eigenvalue weighted by molar-refractivity contribution is 0.101. The van der Waals surface area contributed by atoms with Crippen molar-refractivity contribution in [3.05, 3.63) is 64.4 Å². The van der Waals surface area contributed by atoms with E-state index in [1.807, 2.05) is 44.3 Å². The fourth-order valence-corrected chi connectivity index (χ4v) is 2.94. The lowest BCUT2D eigenvalue weighted by Gasteiger charge is -2.09. The first-order valence-electron chi connectivity index (χ1n) is 7.83. The third-order valence-electron chi connectivity index (χ3n) is 3.77. The molecule has 0 saturated carbocycles. The van der Waals surface area contributed by atoms with Crippen LogP contribution in [-0.4, -0.2) is 35.3 Å². The van der Waals surface area contributed by atoms with Gasteiger partial charge in [0.25, 0.3) is 11.7 Å². The number of nitrogens with zero attached hydrogens (tertiary/aromatic N) is 6. The van der Waals surface area contributed by atoms with Crippen LogP contribution in [0.15, 0.2) is 47.2 Å². The van der Waals surface area contributed by atoms with Crippen LogP contribution >= 0.6 is 15.9 Å². The fraction of sp³-hybridized carbons (Fsp3) is 0.118. The highest BCUT2D eigenvalue weighted by Gasteiger charge is 2.17. The van der Waals surface area contributed by atoms with Crippen LogP contribution in [0.25, 0.3) is 11.5 Å². The molecule has 0 saturated heterocycles. The van der Waals surface area contributed by atoms with E-state index in [2.05, 4.69) is 41.4 Å². The van der Waals surface area contributed by atoms with Crippen molar-refractivity contribution in [1.29, 1.82) is 0 Å². The number of carbonyl (C=O) groups is 1. The molecule has 4 rings (SSSR count). The monoisotopic (exact) mass is 411 g/mol. The lowest BCUT2D eigenvalue weighted by atomic mass is 10.2. The van der Waals surface area contributed by atoms with E-state index < -0.39 is 5.91 Å². The number of anilines is 1. The Bertz CT molecular complexity index is 1130. The summed E-state index contributed by atoms with van der Waals surface area (Å²) in [6.07, 6.45) is 3.49. The topological polar surface area (TPSA) is 90.0 Å². The van der Waals surface area contributed by atoms with Gasteiger partial charge in [-0.05, 0) is 48.0 Å². The van der Waals surface area contributed by atoms with Crippen LogP contribution in [0.1, 0.15) is 22.0 Å². The summed E-state index contributed by atoms with van der Waals surface area (Å²) in [6.45, 7) is 3.77. The number of hydrogen-bond acceptors (Lipinski definition) is 5. The number of halogens is 1. The predicted octanol–water partition coefficient (Wildman–Crippen LogP) is 2.94. The maximum absolute atomic E-state index is 12.7. The van der Waals surface area contributed by atoms with Crippen molar-refractivity contribution in [3.63, 3.8) is 0 Å². The Balaban J connectivity index is 1.68. The number of aromatic nitrogens is 6. The van der Waals surface area contributed by atoms with Crippen LogP contribution in [0.5, 0.6) is 0 Å². The van der Waals surface area contributed by atoms with E-state index in [9.17, 15) is 4.79 Å². The number of nitrogens with one attached hydrogen (secondary N) is 1. The molecule has 0 atom stereocenters. The Morgan fingerprint density at radius 2 is 2.00 bits per heavy atom. The molecule has 1 N–H and O–H groups in total. The zero-order chi connectivity index (χ0) is 18.3. The summed E-state index contributed by atoms with van der Waals surface area (Å²) >= 11 is 3.37. The minimum Gasteiger partial charge on any atom is -0.317 e. The Labute approximate surface area is 157 Å². The molecule has 0 bridgehead atoms. The second-order valence-electron chi connectivity index (χ2n) is 5.76. The molecule has 0 aliphatic heterocycles. The number of benzene rings is 1. The van der Waals surface area contributed by atoms with Gasteiger partial charge >= 0.3 is 0 Å². The van der Waals surface area contributed by atoms with Gasteiger partial charge in [0.2, 0.25) is 5.82 Å². The number of para-hydroxylation sites is 2. The summed E-state index contributed by atoms with van der Waals surface area (Å²) < 4.78 is 4.07. The van der Waals surface area contributed by atoms with E-state index in [1.54, 1.807) is 21.5 Å². The van der Waals surface area contributed by atoms with Gasteiger partial charge in [-0.1, -0.05) is 12.1 Å². The van der Waals surface area contributed by atoms with Gasteiger partial charge in [-0.25, -0.2) is 14.2 Å². The van der Waals surface area contributed by atoms with Gasteiger partial charge in [0.05, 0.1) is 22.0 Å². The first-order chi connectivity index (χ1) is 12.5. The molecule has 0 unspecified atom stereocenters. The van der Waals surface area contributed by atoms with Gasteiger partial charge < -0.3 is 5.32 Å². The minimum absolute atomic E-state index is 0.0580. The van der Waals surface area contributed by atoms with Gasteiger partial charge in [-0.2, -0.15) is 10.1 Å². The highest BCUT2D eigenvalue weighted by atomic mass is 79.9. The molecule has 8 nitrogen and oxygen atoms in total. The number of carbonyl (C=O) groups excluding carboxylic acids is 1. The van der Waals surface area contributed by atoms with E-state index in [0.29, 0.717) is 11.5 Å². The molecule has 0 aliphatic carbocycles. The number of fused-ring (bicyclic) bond motifs is 1. The molecule has 3 aromatic heterocycles. The molecule has 4 aromatic rings. The Kier molecular flexibility index (Phi) is 4.00. The summed E-state index contributed by atoms with van der Waals surface area (Å²) in [5.41, 5.74) is 3.03. The Hall–Kier alpha value is -3.07. The van der Waals surface area contributed by atoms with E-state index >= 15 is 0 Å². The highest BCUT2D eigenvalue weighted by Crippen LogP contribution is 2.21. The largest absolute Gasteiger partial charge is 0.317 e. The van der Waals surface area contributed by atoms with Crippen LogP contribution in [-0.2, 0) is 0 Å². The summed E-state index contributed by atoms with van der Waals surface area (Å²) in [4.78, 5) is 21.2. The van der Waals surface area contributed by atoms with Gasteiger partial charge in [0, 0.05) is 17.6 Å². The van der Waals surface area contributed by atoms with Gasteiger partial charge in [0.1, 0.15) is 0 Å². The highest BCUT2D eigenvalue weighted by molar-refractivity contribution is 9.10. The molecule has 0 fully saturated rings. The third-order valence-corrected chi connectivity index (χ3v) is 4.18. The van der Waals surface area contributed by atoms with Crippen molar-refractivity contribution in [2.45, 2.75) is 13.8 Å². The summed E-state index contributed by atoms with van der Waals surface area (Å²) in [5, 5.41) is 11.4. The normalized spacial score (nSPS) is 11.0. The molecule has 26 heavy (non-hydrogen) atoms. The number of hydrogen-bond donors (Lipinski definition) is 1. The molecule has 0 radical (unpaired) electrons. The average Bonchev–Trinajstić information content (AvgIpc) is 3.22. The van der Waals surface area contributed by atoms with E-state index in [-0.39, 0.29) is 5.82 Å². The van der Waals surface area contributed by atoms with E-state index in [1.165, 1.54) is 0 Å². The average molecular weight is 412 g/mol. The minimum atomic E-state index is -0.411. The maximum Gasteiger partial charge on any atom is 0.295 e. The van der Waals surface area contributed by atoms with E-state index in [0.717, 1.165) is 21.5 Å². The van der Waals surface area contributed by atoms with Crippen molar-refractivity contribution >= 4 is 33.3 Å². The fourth-order valence-electron chi connectivity index (χ4n) is 2.65. The second kappa shape index (κ2) is 6.34. The molecular weight excluding hydrogens is 398 g/mol. The molecule has 0 spiro atoms. The van der Waals surface area contributed by atoms with Crippen LogP contribution in [0, 0.1) is 13.8 Å².